The zero-order valence-corrected chi connectivity index (χ0v) is 13.7. The predicted octanol–water partition coefficient (Wildman–Crippen LogP) is 4.04. The highest BCUT2D eigenvalue weighted by Crippen LogP contribution is 2.17. The fourth-order valence-electron chi connectivity index (χ4n) is 2.50. The van der Waals surface area contributed by atoms with Crippen molar-refractivity contribution >= 4 is 32.7 Å². The van der Waals surface area contributed by atoms with Crippen LogP contribution in [0.5, 0.6) is 0 Å². The van der Waals surface area contributed by atoms with Crippen molar-refractivity contribution < 1.29 is 4.79 Å². The van der Waals surface area contributed by atoms with Gasteiger partial charge in [-0.05, 0) is 35.7 Å². The van der Waals surface area contributed by atoms with Crippen LogP contribution in [0, 0.1) is 0 Å². The lowest BCUT2D eigenvalue weighted by Crippen LogP contribution is -2.25. The normalized spacial score (nSPS) is 10.8. The van der Waals surface area contributed by atoms with Crippen LogP contribution >= 0.6 is 15.9 Å². The average Bonchev–Trinajstić information content (AvgIpc) is 2.98. The standard InChI is InChI=1S/C18H17BrN2O/c19-11-13-5-7-14(8-6-13)18(22)20-10-9-15-12-21-17-4-2-1-3-16(15)17/h1-8,12,21H,9-11H2,(H,20,22). The molecule has 2 aromatic carbocycles. The lowest BCUT2D eigenvalue weighted by Gasteiger charge is -2.05. The highest BCUT2D eigenvalue weighted by atomic mass is 79.9. The Balaban J connectivity index is 1.59. The molecule has 0 atom stereocenters. The molecule has 0 saturated heterocycles. The van der Waals surface area contributed by atoms with Gasteiger partial charge in [0.2, 0.25) is 0 Å². The number of hydrogen-bond donors (Lipinski definition) is 2. The third kappa shape index (κ3) is 3.22. The molecule has 0 bridgehead atoms. The van der Waals surface area contributed by atoms with E-state index in [2.05, 4.69) is 38.4 Å². The molecule has 0 radical (unpaired) electrons. The fourth-order valence-corrected chi connectivity index (χ4v) is 2.87. The van der Waals surface area contributed by atoms with E-state index in [4.69, 9.17) is 0 Å². The number of carbonyl (C=O) groups excluding carboxylic acids is 1. The summed E-state index contributed by atoms with van der Waals surface area (Å²) in [6.07, 6.45) is 2.83. The Bertz CT molecular complexity index is 777. The Hall–Kier alpha value is -2.07. The number of carbonyl (C=O) groups is 1. The van der Waals surface area contributed by atoms with Crippen molar-refractivity contribution in [1.29, 1.82) is 0 Å². The molecule has 0 unspecified atom stereocenters. The van der Waals surface area contributed by atoms with E-state index < -0.39 is 0 Å². The van der Waals surface area contributed by atoms with Crippen LogP contribution in [-0.2, 0) is 11.8 Å². The number of amides is 1. The fraction of sp³-hybridized carbons (Fsp3) is 0.167. The molecule has 112 valence electrons. The summed E-state index contributed by atoms with van der Waals surface area (Å²) in [4.78, 5) is 15.4. The number of halogens is 1. The number of aromatic amines is 1. The van der Waals surface area contributed by atoms with Gasteiger partial charge in [-0.2, -0.15) is 0 Å². The zero-order valence-electron chi connectivity index (χ0n) is 12.1. The average molecular weight is 357 g/mol. The Morgan fingerprint density at radius 2 is 1.86 bits per heavy atom. The molecule has 1 aromatic heterocycles. The summed E-state index contributed by atoms with van der Waals surface area (Å²) in [6.45, 7) is 0.626. The van der Waals surface area contributed by atoms with Gasteiger partial charge in [-0.3, -0.25) is 4.79 Å². The second kappa shape index (κ2) is 6.79. The molecule has 4 heteroatoms. The number of alkyl halides is 1. The minimum atomic E-state index is -0.0269. The van der Waals surface area contributed by atoms with E-state index in [0.29, 0.717) is 12.1 Å². The van der Waals surface area contributed by atoms with Crippen LogP contribution in [0.4, 0.5) is 0 Å². The highest BCUT2D eigenvalue weighted by molar-refractivity contribution is 9.08. The van der Waals surface area contributed by atoms with E-state index in [1.165, 1.54) is 10.9 Å². The van der Waals surface area contributed by atoms with Gasteiger partial charge in [0.15, 0.2) is 0 Å². The molecule has 3 rings (SSSR count). The van der Waals surface area contributed by atoms with Gasteiger partial charge in [0.05, 0.1) is 0 Å². The number of rotatable bonds is 5. The largest absolute Gasteiger partial charge is 0.361 e. The van der Waals surface area contributed by atoms with Crippen LogP contribution in [0.15, 0.2) is 54.7 Å². The van der Waals surface area contributed by atoms with Crippen LogP contribution < -0.4 is 5.32 Å². The molecule has 22 heavy (non-hydrogen) atoms. The maximum absolute atomic E-state index is 12.1. The number of aromatic nitrogens is 1. The Morgan fingerprint density at radius 3 is 2.64 bits per heavy atom. The summed E-state index contributed by atoms with van der Waals surface area (Å²) < 4.78 is 0. The number of fused-ring (bicyclic) bond motifs is 1. The first kappa shape index (κ1) is 14.9. The Labute approximate surface area is 137 Å². The van der Waals surface area contributed by atoms with Crippen LogP contribution in [0.3, 0.4) is 0 Å². The summed E-state index contributed by atoms with van der Waals surface area (Å²) in [5.41, 5.74) is 4.22. The van der Waals surface area contributed by atoms with Crippen molar-refractivity contribution in [2.75, 3.05) is 6.54 Å². The molecule has 3 nitrogen and oxygen atoms in total. The van der Waals surface area contributed by atoms with Crippen molar-refractivity contribution in [2.45, 2.75) is 11.8 Å². The van der Waals surface area contributed by atoms with Crippen molar-refractivity contribution in [1.82, 2.24) is 10.3 Å². The number of para-hydroxylation sites is 1. The molecule has 1 amide bonds. The summed E-state index contributed by atoms with van der Waals surface area (Å²) in [5, 5.41) is 5.00. The van der Waals surface area contributed by atoms with E-state index in [1.807, 2.05) is 42.6 Å². The number of H-pyrrole nitrogens is 1. The minimum absolute atomic E-state index is 0.0269. The first-order valence-electron chi connectivity index (χ1n) is 7.26. The molecular weight excluding hydrogens is 340 g/mol. The van der Waals surface area contributed by atoms with Crippen LogP contribution in [0.2, 0.25) is 0 Å². The quantitative estimate of drug-likeness (QED) is 0.666. The number of nitrogens with one attached hydrogen (secondary N) is 2. The molecule has 1 heterocycles. The van der Waals surface area contributed by atoms with E-state index in [1.54, 1.807) is 0 Å². The van der Waals surface area contributed by atoms with Gasteiger partial charge < -0.3 is 10.3 Å². The van der Waals surface area contributed by atoms with Crippen LogP contribution in [-0.4, -0.2) is 17.4 Å². The van der Waals surface area contributed by atoms with Gasteiger partial charge in [0.25, 0.3) is 5.91 Å². The first-order valence-corrected chi connectivity index (χ1v) is 8.38. The molecule has 2 N–H and O–H groups in total. The van der Waals surface area contributed by atoms with Gasteiger partial charge in [-0.25, -0.2) is 0 Å². The number of benzene rings is 2. The van der Waals surface area contributed by atoms with Gasteiger partial charge in [0, 0.05) is 34.5 Å². The Morgan fingerprint density at radius 1 is 1.09 bits per heavy atom. The maximum atomic E-state index is 12.1. The lowest BCUT2D eigenvalue weighted by atomic mass is 10.1. The molecule has 0 aliphatic carbocycles. The summed E-state index contributed by atoms with van der Waals surface area (Å²) in [5.74, 6) is -0.0269. The third-order valence-corrected chi connectivity index (χ3v) is 4.37. The van der Waals surface area contributed by atoms with Crippen molar-refractivity contribution in [3.05, 3.63) is 71.4 Å². The van der Waals surface area contributed by atoms with Gasteiger partial charge in [-0.1, -0.05) is 46.3 Å². The lowest BCUT2D eigenvalue weighted by molar-refractivity contribution is 0.0954. The second-order valence-electron chi connectivity index (χ2n) is 5.20. The van der Waals surface area contributed by atoms with Crippen molar-refractivity contribution in [3.63, 3.8) is 0 Å². The second-order valence-corrected chi connectivity index (χ2v) is 5.76. The molecule has 3 aromatic rings. The molecule has 0 saturated carbocycles. The Kier molecular flexibility index (Phi) is 4.59. The molecule has 0 aliphatic rings. The summed E-state index contributed by atoms with van der Waals surface area (Å²) in [7, 11) is 0. The molecular formula is C18H17BrN2O. The predicted molar refractivity (Wildman–Crippen MR) is 93.4 cm³/mol. The van der Waals surface area contributed by atoms with E-state index in [9.17, 15) is 4.79 Å². The highest BCUT2D eigenvalue weighted by Gasteiger charge is 2.06. The van der Waals surface area contributed by atoms with Crippen LogP contribution in [0.25, 0.3) is 10.9 Å². The van der Waals surface area contributed by atoms with Gasteiger partial charge in [0.1, 0.15) is 0 Å². The monoisotopic (exact) mass is 356 g/mol. The molecule has 0 spiro atoms. The smallest absolute Gasteiger partial charge is 0.251 e. The minimum Gasteiger partial charge on any atom is -0.361 e. The summed E-state index contributed by atoms with van der Waals surface area (Å²) in [6, 6.07) is 15.8. The van der Waals surface area contributed by atoms with Gasteiger partial charge in [-0.15, -0.1) is 0 Å². The van der Waals surface area contributed by atoms with E-state index in [-0.39, 0.29) is 5.91 Å². The molecule has 0 aliphatic heterocycles. The van der Waals surface area contributed by atoms with Gasteiger partial charge >= 0.3 is 0 Å². The molecule has 0 fully saturated rings. The van der Waals surface area contributed by atoms with Crippen molar-refractivity contribution in [2.24, 2.45) is 0 Å². The topological polar surface area (TPSA) is 44.9 Å². The first-order chi connectivity index (χ1) is 10.8. The maximum Gasteiger partial charge on any atom is 0.251 e. The third-order valence-electron chi connectivity index (χ3n) is 3.73. The van der Waals surface area contributed by atoms with Crippen LogP contribution in [0.1, 0.15) is 21.5 Å². The zero-order chi connectivity index (χ0) is 15.4. The summed E-state index contributed by atoms with van der Waals surface area (Å²) >= 11 is 3.40. The van der Waals surface area contributed by atoms with E-state index in [0.717, 1.165) is 22.8 Å². The van der Waals surface area contributed by atoms with Crippen molar-refractivity contribution in [3.8, 4) is 0 Å². The SMILES string of the molecule is O=C(NCCc1c[nH]c2ccccc12)c1ccc(CBr)cc1. The number of hydrogen-bond acceptors (Lipinski definition) is 1. The van der Waals surface area contributed by atoms with E-state index >= 15 is 0 Å².